The summed E-state index contributed by atoms with van der Waals surface area (Å²) in [5.41, 5.74) is 4.04. The first-order valence-corrected chi connectivity index (χ1v) is 12.5. The summed E-state index contributed by atoms with van der Waals surface area (Å²) in [6, 6.07) is 8.00. The Hall–Kier alpha value is -3.18. The fourth-order valence-corrected chi connectivity index (χ4v) is 5.13. The molecule has 0 bridgehead atoms. The smallest absolute Gasteiger partial charge is 0.406 e. The molecule has 0 unspecified atom stereocenters. The Kier molecular flexibility index (Phi) is 7.27. The van der Waals surface area contributed by atoms with E-state index in [0.29, 0.717) is 22.0 Å². The van der Waals surface area contributed by atoms with Crippen LogP contribution in [0.1, 0.15) is 46.8 Å². The number of hydrogen-bond acceptors (Lipinski definition) is 7. The maximum atomic E-state index is 14.4. The fourth-order valence-electron chi connectivity index (χ4n) is 3.85. The zero-order valence-electron chi connectivity index (χ0n) is 19.6. The highest BCUT2D eigenvalue weighted by molar-refractivity contribution is 9.10. The molecule has 35 heavy (non-hydrogen) atoms. The highest BCUT2D eigenvalue weighted by Gasteiger charge is 2.24. The van der Waals surface area contributed by atoms with Gasteiger partial charge in [-0.3, -0.25) is 4.68 Å². The number of nitro groups is 1. The molecule has 0 radical (unpaired) electrons. The van der Waals surface area contributed by atoms with E-state index in [-0.39, 0.29) is 5.75 Å². The van der Waals surface area contributed by atoms with E-state index in [4.69, 9.17) is 9.72 Å². The monoisotopic (exact) mass is 559 g/mol. The summed E-state index contributed by atoms with van der Waals surface area (Å²) in [5.74, 6) is -0.858. The van der Waals surface area contributed by atoms with Gasteiger partial charge in [-0.2, -0.15) is 5.10 Å². The number of nitrogens with zero attached hydrogens (tertiary/aromatic N) is 5. The van der Waals surface area contributed by atoms with E-state index in [9.17, 15) is 14.5 Å². The SMILES string of the molecule is CCc1cc(Cc2sc(C)nc2-c2ccc(F)cc2[C@@H](C)Oc2cc(Br)cnc2[N+](=O)[O-])n(C)n1. The number of benzene rings is 1. The van der Waals surface area contributed by atoms with Crippen LogP contribution in [-0.2, 0) is 19.9 Å². The van der Waals surface area contributed by atoms with Crippen molar-refractivity contribution < 1.29 is 14.1 Å². The van der Waals surface area contributed by atoms with Gasteiger partial charge < -0.3 is 14.9 Å². The minimum Gasteiger partial charge on any atom is -0.478 e. The van der Waals surface area contributed by atoms with Crippen molar-refractivity contribution >= 4 is 33.1 Å². The van der Waals surface area contributed by atoms with Crippen LogP contribution in [0.2, 0.25) is 0 Å². The van der Waals surface area contributed by atoms with Crippen LogP contribution in [-0.4, -0.2) is 24.7 Å². The third kappa shape index (κ3) is 5.40. The van der Waals surface area contributed by atoms with Crippen LogP contribution in [0, 0.1) is 22.9 Å². The minimum absolute atomic E-state index is 0.0104. The molecule has 0 amide bonds. The maximum Gasteiger partial charge on any atom is 0.406 e. The lowest BCUT2D eigenvalue weighted by Crippen LogP contribution is -2.08. The van der Waals surface area contributed by atoms with Gasteiger partial charge in [-0.1, -0.05) is 6.92 Å². The molecule has 0 saturated heterocycles. The zero-order valence-corrected chi connectivity index (χ0v) is 22.0. The minimum atomic E-state index is -0.714. The van der Waals surface area contributed by atoms with Crippen LogP contribution < -0.4 is 4.74 Å². The molecule has 8 nitrogen and oxygen atoms in total. The van der Waals surface area contributed by atoms with E-state index < -0.39 is 22.7 Å². The van der Waals surface area contributed by atoms with Crippen LogP contribution in [0.15, 0.2) is 41.0 Å². The summed E-state index contributed by atoms with van der Waals surface area (Å²) < 4.78 is 22.7. The summed E-state index contributed by atoms with van der Waals surface area (Å²) >= 11 is 4.84. The molecule has 0 fully saturated rings. The lowest BCUT2D eigenvalue weighted by atomic mass is 9.98. The fraction of sp³-hybridized carbons (Fsp3) is 0.292. The van der Waals surface area contributed by atoms with E-state index in [2.05, 4.69) is 39.0 Å². The third-order valence-electron chi connectivity index (χ3n) is 5.52. The van der Waals surface area contributed by atoms with Crippen molar-refractivity contribution in [2.75, 3.05) is 0 Å². The molecule has 0 aliphatic heterocycles. The Morgan fingerprint density at radius 3 is 2.77 bits per heavy atom. The van der Waals surface area contributed by atoms with Crippen molar-refractivity contribution in [3.8, 4) is 17.0 Å². The molecular formula is C24H23BrFN5O3S. The number of aromatic nitrogens is 4. The first-order chi connectivity index (χ1) is 16.7. The first-order valence-electron chi connectivity index (χ1n) is 10.9. The predicted octanol–water partition coefficient (Wildman–Crippen LogP) is 6.35. The highest BCUT2D eigenvalue weighted by atomic mass is 79.9. The molecule has 3 aromatic heterocycles. The van der Waals surface area contributed by atoms with Crippen LogP contribution in [0.3, 0.4) is 0 Å². The standard InChI is InChI=1S/C24H23BrFN5O3S/c1-5-17-10-18(30(4)29-17)11-22-23(28-14(3)35-22)19-7-6-16(26)9-20(19)13(2)34-21-8-15(25)12-27-24(21)31(32)33/h6-10,12-13H,5,11H2,1-4H3/t13-/m1/s1. The zero-order chi connectivity index (χ0) is 25.3. The van der Waals surface area contributed by atoms with Crippen molar-refractivity contribution in [2.45, 2.75) is 39.7 Å². The highest BCUT2D eigenvalue weighted by Crippen LogP contribution is 2.38. The Morgan fingerprint density at radius 2 is 2.09 bits per heavy atom. The van der Waals surface area contributed by atoms with Crippen LogP contribution in [0.5, 0.6) is 5.75 Å². The first kappa shape index (κ1) is 24.9. The number of rotatable bonds is 8. The normalized spacial score (nSPS) is 12.1. The molecule has 0 N–H and O–H groups in total. The molecular weight excluding hydrogens is 537 g/mol. The second-order valence-electron chi connectivity index (χ2n) is 8.01. The number of aryl methyl sites for hydroxylation is 3. The molecule has 1 aromatic carbocycles. The Labute approximate surface area is 214 Å². The van der Waals surface area contributed by atoms with Gasteiger partial charge in [0.25, 0.3) is 0 Å². The van der Waals surface area contributed by atoms with Gasteiger partial charge in [0.1, 0.15) is 11.9 Å². The second kappa shape index (κ2) is 10.2. The summed E-state index contributed by atoms with van der Waals surface area (Å²) in [6.45, 7) is 5.71. The number of thiazole rings is 1. The van der Waals surface area contributed by atoms with Crippen molar-refractivity contribution in [2.24, 2.45) is 7.05 Å². The van der Waals surface area contributed by atoms with E-state index in [1.165, 1.54) is 24.4 Å². The predicted molar refractivity (Wildman–Crippen MR) is 135 cm³/mol. The van der Waals surface area contributed by atoms with Gasteiger partial charge in [0.15, 0.2) is 6.20 Å². The third-order valence-corrected chi connectivity index (χ3v) is 6.92. The lowest BCUT2D eigenvalue weighted by molar-refractivity contribution is -0.390. The van der Waals surface area contributed by atoms with Gasteiger partial charge in [-0.25, -0.2) is 9.37 Å². The molecule has 182 valence electrons. The molecule has 4 rings (SSSR count). The van der Waals surface area contributed by atoms with Gasteiger partial charge in [-0.05, 0) is 70.4 Å². The van der Waals surface area contributed by atoms with Gasteiger partial charge in [0, 0.05) is 41.2 Å². The number of pyridine rings is 1. The Morgan fingerprint density at radius 1 is 1.31 bits per heavy atom. The largest absolute Gasteiger partial charge is 0.478 e. The van der Waals surface area contributed by atoms with Gasteiger partial charge in [0.2, 0.25) is 5.75 Å². The van der Waals surface area contributed by atoms with Gasteiger partial charge >= 0.3 is 5.82 Å². The summed E-state index contributed by atoms with van der Waals surface area (Å²) in [7, 11) is 1.92. The van der Waals surface area contributed by atoms with Crippen molar-refractivity contribution in [3.05, 3.63) is 83.8 Å². The van der Waals surface area contributed by atoms with E-state index in [1.807, 2.05) is 18.7 Å². The van der Waals surface area contributed by atoms with Crippen molar-refractivity contribution in [3.63, 3.8) is 0 Å². The molecule has 3 heterocycles. The second-order valence-corrected chi connectivity index (χ2v) is 10.2. The maximum absolute atomic E-state index is 14.4. The molecule has 0 saturated carbocycles. The van der Waals surface area contributed by atoms with E-state index in [0.717, 1.165) is 33.4 Å². The van der Waals surface area contributed by atoms with Crippen LogP contribution in [0.25, 0.3) is 11.3 Å². The summed E-state index contributed by atoms with van der Waals surface area (Å²) in [4.78, 5) is 20.4. The summed E-state index contributed by atoms with van der Waals surface area (Å²) in [5, 5.41) is 16.9. The lowest BCUT2D eigenvalue weighted by Gasteiger charge is -2.18. The molecule has 0 aliphatic carbocycles. The topological polar surface area (TPSA) is 96.0 Å². The number of halogens is 2. The molecule has 1 atom stereocenters. The van der Waals surface area contributed by atoms with Crippen LogP contribution >= 0.6 is 27.3 Å². The average molecular weight is 560 g/mol. The van der Waals surface area contributed by atoms with E-state index in [1.54, 1.807) is 24.3 Å². The van der Waals surface area contributed by atoms with E-state index >= 15 is 0 Å². The molecule has 0 spiro atoms. The van der Waals surface area contributed by atoms with Gasteiger partial charge in [0.05, 0.1) is 20.9 Å². The van der Waals surface area contributed by atoms with Crippen LogP contribution in [0.4, 0.5) is 10.2 Å². The Bertz CT molecular complexity index is 1400. The number of hydrogen-bond donors (Lipinski definition) is 0. The molecule has 0 aliphatic rings. The average Bonchev–Trinajstić information content (AvgIpc) is 3.35. The summed E-state index contributed by atoms with van der Waals surface area (Å²) in [6.07, 6.45) is 2.08. The number of ether oxygens (including phenoxy) is 1. The van der Waals surface area contributed by atoms with Gasteiger partial charge in [-0.15, -0.1) is 11.3 Å². The Balaban J connectivity index is 1.74. The molecule has 11 heteroatoms. The van der Waals surface area contributed by atoms with Crippen molar-refractivity contribution in [1.82, 2.24) is 19.7 Å². The van der Waals surface area contributed by atoms with Crippen molar-refractivity contribution in [1.29, 1.82) is 0 Å². The quantitative estimate of drug-likeness (QED) is 0.184. The molecule has 4 aromatic rings.